The van der Waals surface area contributed by atoms with Crippen molar-refractivity contribution < 1.29 is 9.90 Å². The van der Waals surface area contributed by atoms with Crippen molar-refractivity contribution in [2.24, 2.45) is 0 Å². The number of likely N-dealkylation sites (N-methyl/N-ethyl adjacent to an activating group) is 1. The van der Waals surface area contributed by atoms with Crippen molar-refractivity contribution in [3.63, 3.8) is 0 Å². The van der Waals surface area contributed by atoms with E-state index < -0.39 is 0 Å². The highest BCUT2D eigenvalue weighted by Crippen LogP contribution is 2.14. The molecule has 4 nitrogen and oxygen atoms in total. The Hall–Kier alpha value is -1.85. The number of hydrogen-bond acceptors (Lipinski definition) is 3. The number of hydrogen-bond donors (Lipinski definition) is 2. The zero-order valence-corrected chi connectivity index (χ0v) is 13.3. The first-order chi connectivity index (χ1) is 10.0. The van der Waals surface area contributed by atoms with Gasteiger partial charge >= 0.3 is 0 Å². The summed E-state index contributed by atoms with van der Waals surface area (Å²) in [5.74, 6) is 0.0978. The Balaban J connectivity index is 1.84. The minimum atomic E-state index is -0.0831. The second-order valence-electron chi connectivity index (χ2n) is 4.89. The Kier molecular flexibility index (Phi) is 5.36. The van der Waals surface area contributed by atoms with Gasteiger partial charge < -0.3 is 10.4 Å². The lowest BCUT2D eigenvalue weighted by atomic mass is 10.2. The van der Waals surface area contributed by atoms with Crippen LogP contribution in [0.5, 0.6) is 5.75 Å². The van der Waals surface area contributed by atoms with E-state index in [2.05, 4.69) is 21.2 Å². The number of amides is 1. The number of nitrogens with one attached hydrogen (secondary N) is 1. The zero-order valence-electron chi connectivity index (χ0n) is 11.7. The average Bonchev–Trinajstić information content (AvgIpc) is 2.44. The molecular formula is C16H17BrN2O2. The van der Waals surface area contributed by atoms with Gasteiger partial charge in [0, 0.05) is 16.7 Å². The predicted octanol–water partition coefficient (Wildman–Crippen LogP) is 3.23. The Morgan fingerprint density at radius 2 is 1.76 bits per heavy atom. The van der Waals surface area contributed by atoms with Crippen molar-refractivity contribution in [3.05, 3.63) is 58.6 Å². The molecule has 0 fully saturated rings. The van der Waals surface area contributed by atoms with Crippen LogP contribution in [0.2, 0.25) is 0 Å². The number of phenolic OH excluding ortho intramolecular Hbond substituents is 1. The summed E-state index contributed by atoms with van der Waals surface area (Å²) >= 11 is 3.40. The molecule has 2 rings (SSSR count). The van der Waals surface area contributed by atoms with Crippen LogP contribution in [0.15, 0.2) is 53.0 Å². The number of carbonyl (C=O) groups excluding carboxylic acids is 1. The Bertz CT molecular complexity index is 597. The number of halogens is 1. The first kappa shape index (κ1) is 15.5. The van der Waals surface area contributed by atoms with Gasteiger partial charge in [0.15, 0.2) is 0 Å². The van der Waals surface area contributed by atoms with E-state index in [1.807, 2.05) is 36.2 Å². The Morgan fingerprint density at radius 3 is 2.38 bits per heavy atom. The van der Waals surface area contributed by atoms with Crippen LogP contribution in [0.4, 0.5) is 5.69 Å². The predicted molar refractivity (Wildman–Crippen MR) is 87.2 cm³/mol. The van der Waals surface area contributed by atoms with Gasteiger partial charge in [-0.15, -0.1) is 0 Å². The van der Waals surface area contributed by atoms with Crippen LogP contribution in [-0.4, -0.2) is 29.5 Å². The average molecular weight is 349 g/mol. The number of carbonyl (C=O) groups is 1. The lowest BCUT2D eigenvalue weighted by Crippen LogP contribution is -2.29. The van der Waals surface area contributed by atoms with Gasteiger partial charge in [0.05, 0.1) is 6.54 Å². The van der Waals surface area contributed by atoms with Crippen LogP contribution in [0, 0.1) is 0 Å². The molecule has 1 amide bonds. The van der Waals surface area contributed by atoms with Crippen LogP contribution >= 0.6 is 15.9 Å². The molecule has 2 aromatic rings. The smallest absolute Gasteiger partial charge is 0.238 e. The molecular weight excluding hydrogens is 332 g/mol. The third-order valence-electron chi connectivity index (χ3n) is 2.93. The molecule has 0 heterocycles. The lowest BCUT2D eigenvalue weighted by Gasteiger charge is -2.16. The van der Waals surface area contributed by atoms with Crippen LogP contribution in [0.25, 0.3) is 0 Å². The van der Waals surface area contributed by atoms with Crippen LogP contribution in [0.1, 0.15) is 5.56 Å². The topological polar surface area (TPSA) is 52.6 Å². The summed E-state index contributed by atoms with van der Waals surface area (Å²) in [4.78, 5) is 13.9. The van der Waals surface area contributed by atoms with E-state index in [0.717, 1.165) is 10.0 Å². The summed E-state index contributed by atoms with van der Waals surface area (Å²) in [5, 5.41) is 12.0. The van der Waals surface area contributed by atoms with Crippen molar-refractivity contribution in [2.45, 2.75) is 6.54 Å². The molecule has 0 aliphatic heterocycles. The first-order valence-electron chi connectivity index (χ1n) is 6.55. The Morgan fingerprint density at radius 1 is 1.14 bits per heavy atom. The van der Waals surface area contributed by atoms with E-state index in [4.69, 9.17) is 0 Å². The van der Waals surface area contributed by atoms with Gasteiger partial charge in [-0.1, -0.05) is 28.1 Å². The zero-order chi connectivity index (χ0) is 15.2. The van der Waals surface area contributed by atoms with E-state index >= 15 is 0 Å². The number of benzene rings is 2. The maximum atomic E-state index is 11.9. The molecule has 0 radical (unpaired) electrons. The summed E-state index contributed by atoms with van der Waals surface area (Å²) in [6.07, 6.45) is 0. The van der Waals surface area contributed by atoms with Gasteiger partial charge in [-0.05, 0) is 49.0 Å². The number of phenols is 1. The number of nitrogens with zero attached hydrogens (tertiary/aromatic N) is 1. The molecule has 0 aliphatic carbocycles. The molecule has 2 N–H and O–H groups in total. The number of rotatable bonds is 5. The van der Waals surface area contributed by atoms with E-state index in [1.54, 1.807) is 24.3 Å². The fraction of sp³-hybridized carbons (Fsp3) is 0.188. The molecule has 0 aromatic heterocycles. The van der Waals surface area contributed by atoms with Gasteiger partial charge in [0.1, 0.15) is 5.75 Å². The van der Waals surface area contributed by atoms with Gasteiger partial charge in [0.25, 0.3) is 0 Å². The van der Waals surface area contributed by atoms with Crippen molar-refractivity contribution in [1.82, 2.24) is 4.90 Å². The van der Waals surface area contributed by atoms with E-state index in [9.17, 15) is 9.90 Å². The van der Waals surface area contributed by atoms with Gasteiger partial charge in [-0.3, -0.25) is 9.69 Å². The quantitative estimate of drug-likeness (QED) is 0.815. The summed E-state index contributed by atoms with van der Waals surface area (Å²) in [7, 11) is 1.90. The van der Waals surface area contributed by atoms with E-state index in [1.165, 1.54) is 0 Å². The van der Waals surface area contributed by atoms with Crippen molar-refractivity contribution in [3.8, 4) is 5.75 Å². The molecule has 2 aromatic carbocycles. The first-order valence-corrected chi connectivity index (χ1v) is 7.34. The number of aromatic hydroxyl groups is 1. The summed E-state index contributed by atoms with van der Waals surface area (Å²) in [6, 6.07) is 14.4. The highest BCUT2D eigenvalue weighted by molar-refractivity contribution is 9.10. The minimum Gasteiger partial charge on any atom is -0.508 e. The molecule has 0 saturated carbocycles. The molecule has 0 aliphatic rings. The second-order valence-corrected chi connectivity index (χ2v) is 5.81. The summed E-state index contributed by atoms with van der Waals surface area (Å²) in [6.45, 7) is 1.01. The van der Waals surface area contributed by atoms with Crippen LogP contribution in [-0.2, 0) is 11.3 Å². The normalized spacial score (nSPS) is 10.6. The van der Waals surface area contributed by atoms with Crippen molar-refractivity contribution >= 4 is 27.5 Å². The monoisotopic (exact) mass is 348 g/mol. The largest absolute Gasteiger partial charge is 0.508 e. The van der Waals surface area contributed by atoms with Gasteiger partial charge in [0.2, 0.25) is 5.91 Å². The second kappa shape index (κ2) is 7.24. The Labute approximate surface area is 132 Å². The fourth-order valence-electron chi connectivity index (χ4n) is 1.95. The van der Waals surface area contributed by atoms with Gasteiger partial charge in [-0.25, -0.2) is 0 Å². The molecule has 0 unspecified atom stereocenters. The maximum absolute atomic E-state index is 11.9. The third kappa shape index (κ3) is 5.21. The SMILES string of the molecule is CN(CC(=O)Nc1ccc(O)cc1)Cc1ccc(Br)cc1. The van der Waals surface area contributed by atoms with Crippen molar-refractivity contribution in [1.29, 1.82) is 0 Å². The van der Waals surface area contributed by atoms with Crippen LogP contribution in [0.3, 0.4) is 0 Å². The van der Waals surface area contributed by atoms with Crippen LogP contribution < -0.4 is 5.32 Å². The highest BCUT2D eigenvalue weighted by Gasteiger charge is 2.07. The fourth-order valence-corrected chi connectivity index (χ4v) is 2.21. The summed E-state index contributed by atoms with van der Waals surface area (Å²) < 4.78 is 1.04. The molecule has 0 bridgehead atoms. The lowest BCUT2D eigenvalue weighted by molar-refractivity contribution is -0.117. The molecule has 0 atom stereocenters. The highest BCUT2D eigenvalue weighted by atomic mass is 79.9. The van der Waals surface area contributed by atoms with E-state index in [0.29, 0.717) is 18.8 Å². The maximum Gasteiger partial charge on any atom is 0.238 e. The van der Waals surface area contributed by atoms with E-state index in [-0.39, 0.29) is 11.7 Å². The molecule has 21 heavy (non-hydrogen) atoms. The standard InChI is InChI=1S/C16H17BrN2O2/c1-19(10-12-2-4-13(17)5-3-12)11-16(21)18-14-6-8-15(20)9-7-14/h2-9,20H,10-11H2,1H3,(H,18,21). The van der Waals surface area contributed by atoms with Gasteiger partial charge in [-0.2, -0.15) is 0 Å². The summed E-state index contributed by atoms with van der Waals surface area (Å²) in [5.41, 5.74) is 1.83. The molecule has 0 spiro atoms. The number of anilines is 1. The van der Waals surface area contributed by atoms with Crippen molar-refractivity contribution in [2.75, 3.05) is 18.9 Å². The molecule has 5 heteroatoms. The minimum absolute atomic E-state index is 0.0831. The molecule has 110 valence electrons. The molecule has 0 saturated heterocycles. The third-order valence-corrected chi connectivity index (χ3v) is 3.46.